The average Bonchev–Trinajstić information content (AvgIpc) is 2.68. The van der Waals surface area contributed by atoms with Gasteiger partial charge in [-0.15, -0.1) is 0 Å². The second-order valence-corrected chi connectivity index (χ2v) is 6.93. The first-order valence-electron chi connectivity index (χ1n) is 8.79. The van der Waals surface area contributed by atoms with Crippen molar-refractivity contribution in [2.24, 2.45) is 0 Å². The first kappa shape index (κ1) is 18.3. The lowest BCUT2D eigenvalue weighted by Crippen LogP contribution is -2.50. The van der Waals surface area contributed by atoms with Crippen molar-refractivity contribution in [2.75, 3.05) is 62.5 Å². The lowest BCUT2D eigenvalue weighted by atomic mass is 10.2. The Bertz CT molecular complexity index is 740. The van der Waals surface area contributed by atoms with Crippen LogP contribution in [0.3, 0.4) is 0 Å². The van der Waals surface area contributed by atoms with Crippen LogP contribution in [0.25, 0.3) is 0 Å². The number of hydrogen-bond donors (Lipinski definition) is 1. The van der Waals surface area contributed by atoms with Crippen molar-refractivity contribution in [1.82, 2.24) is 4.90 Å². The van der Waals surface area contributed by atoms with Gasteiger partial charge in [0.25, 0.3) is 0 Å². The summed E-state index contributed by atoms with van der Waals surface area (Å²) in [5.74, 6) is 0.892. The van der Waals surface area contributed by atoms with Gasteiger partial charge in [-0.05, 0) is 48.6 Å². The number of nitrogens with one attached hydrogen (secondary N) is 1. The largest absolute Gasteiger partial charge is 0.497 e. The zero-order valence-corrected chi connectivity index (χ0v) is 16.4. The number of ether oxygens (including phenoxy) is 1. The zero-order valence-electron chi connectivity index (χ0n) is 15.6. The molecule has 0 spiro atoms. The molecule has 0 atom stereocenters. The average molecular weight is 371 g/mol. The van der Waals surface area contributed by atoms with Gasteiger partial charge >= 0.3 is 0 Å². The molecule has 0 aliphatic carbocycles. The third kappa shape index (κ3) is 4.38. The molecule has 6 heteroatoms. The number of hydrogen-bond acceptors (Lipinski definition) is 4. The third-order valence-corrected chi connectivity index (χ3v) is 4.98. The molecule has 138 valence electrons. The van der Waals surface area contributed by atoms with Crippen molar-refractivity contribution in [3.8, 4) is 5.75 Å². The molecule has 2 aromatic carbocycles. The highest BCUT2D eigenvalue weighted by Gasteiger charge is 2.19. The van der Waals surface area contributed by atoms with E-state index in [1.807, 2.05) is 26.2 Å². The van der Waals surface area contributed by atoms with Crippen LogP contribution in [-0.4, -0.2) is 57.4 Å². The lowest BCUT2D eigenvalue weighted by molar-refractivity contribution is 0.389. The maximum atomic E-state index is 5.60. The Morgan fingerprint density at radius 1 is 1.04 bits per heavy atom. The van der Waals surface area contributed by atoms with Crippen molar-refractivity contribution in [3.05, 3.63) is 48.5 Å². The summed E-state index contributed by atoms with van der Waals surface area (Å²) in [6, 6.07) is 16.5. The monoisotopic (exact) mass is 370 g/mol. The molecule has 0 amide bonds. The summed E-state index contributed by atoms with van der Waals surface area (Å²) in [5.41, 5.74) is 3.39. The molecule has 1 N–H and O–H groups in total. The summed E-state index contributed by atoms with van der Waals surface area (Å²) in [6.45, 7) is 3.68. The van der Waals surface area contributed by atoms with Crippen LogP contribution in [0.15, 0.2) is 48.5 Å². The van der Waals surface area contributed by atoms with E-state index >= 15 is 0 Å². The molecule has 3 rings (SSSR count). The molecule has 1 heterocycles. The summed E-state index contributed by atoms with van der Waals surface area (Å²) in [4.78, 5) is 6.68. The SMILES string of the molecule is COc1cccc(N2CCN(C(=S)Nc3ccc(N(C)C)cc3)CC2)c1. The lowest BCUT2D eigenvalue weighted by Gasteiger charge is -2.37. The Morgan fingerprint density at radius 3 is 2.35 bits per heavy atom. The van der Waals surface area contributed by atoms with Crippen LogP contribution in [0.2, 0.25) is 0 Å². The van der Waals surface area contributed by atoms with E-state index in [4.69, 9.17) is 17.0 Å². The molecule has 26 heavy (non-hydrogen) atoms. The van der Waals surface area contributed by atoms with Gasteiger partial charge in [0.1, 0.15) is 5.75 Å². The van der Waals surface area contributed by atoms with Crippen molar-refractivity contribution < 1.29 is 4.74 Å². The molecule has 2 aromatic rings. The van der Waals surface area contributed by atoms with E-state index in [1.165, 1.54) is 11.4 Å². The Kier molecular flexibility index (Phi) is 5.83. The predicted octanol–water partition coefficient (Wildman–Crippen LogP) is 3.28. The van der Waals surface area contributed by atoms with Gasteiger partial charge in [-0.3, -0.25) is 0 Å². The molecule has 0 radical (unpaired) electrons. The molecule has 5 nitrogen and oxygen atoms in total. The van der Waals surface area contributed by atoms with Gasteiger partial charge in [0.15, 0.2) is 5.11 Å². The fourth-order valence-corrected chi connectivity index (χ4v) is 3.32. The molecule has 0 aromatic heterocycles. The van der Waals surface area contributed by atoms with Gasteiger partial charge in [-0.2, -0.15) is 0 Å². The molecular formula is C20H26N4OS. The summed E-state index contributed by atoms with van der Waals surface area (Å²) >= 11 is 5.60. The van der Waals surface area contributed by atoms with Gasteiger partial charge in [0.2, 0.25) is 0 Å². The van der Waals surface area contributed by atoms with Crippen molar-refractivity contribution >= 4 is 34.4 Å². The van der Waals surface area contributed by atoms with Crippen LogP contribution in [-0.2, 0) is 0 Å². The van der Waals surface area contributed by atoms with Crippen molar-refractivity contribution in [3.63, 3.8) is 0 Å². The van der Waals surface area contributed by atoms with E-state index in [-0.39, 0.29) is 0 Å². The number of benzene rings is 2. The van der Waals surface area contributed by atoms with E-state index in [1.54, 1.807) is 7.11 Å². The van der Waals surface area contributed by atoms with Crippen molar-refractivity contribution in [2.45, 2.75) is 0 Å². The molecule has 1 fully saturated rings. The van der Waals surface area contributed by atoms with E-state index in [9.17, 15) is 0 Å². The maximum absolute atomic E-state index is 5.60. The second-order valence-electron chi connectivity index (χ2n) is 6.55. The van der Waals surface area contributed by atoms with Gasteiger partial charge in [-0.1, -0.05) is 6.07 Å². The van der Waals surface area contributed by atoms with Crippen LogP contribution in [0.1, 0.15) is 0 Å². The standard InChI is InChI=1S/C20H26N4OS/c1-22(2)17-9-7-16(8-10-17)21-20(26)24-13-11-23(12-14-24)18-5-4-6-19(15-18)25-3/h4-10,15H,11-14H2,1-3H3,(H,21,26). The van der Waals surface area contributed by atoms with Gasteiger partial charge in [-0.25, -0.2) is 0 Å². The number of piperazine rings is 1. The highest BCUT2D eigenvalue weighted by Crippen LogP contribution is 2.22. The van der Waals surface area contributed by atoms with E-state index < -0.39 is 0 Å². The highest BCUT2D eigenvalue weighted by molar-refractivity contribution is 7.80. The first-order chi connectivity index (χ1) is 12.6. The van der Waals surface area contributed by atoms with Crippen LogP contribution in [0.4, 0.5) is 17.1 Å². The number of anilines is 3. The quantitative estimate of drug-likeness (QED) is 0.832. The maximum Gasteiger partial charge on any atom is 0.173 e. The number of thiocarbonyl (C=S) groups is 1. The van der Waals surface area contributed by atoms with Gasteiger partial charge < -0.3 is 24.8 Å². The molecule has 1 aliphatic heterocycles. The molecule has 0 saturated carbocycles. The molecular weight excluding hydrogens is 344 g/mol. The predicted molar refractivity (Wildman–Crippen MR) is 114 cm³/mol. The first-order valence-corrected chi connectivity index (χ1v) is 9.20. The summed E-state index contributed by atoms with van der Waals surface area (Å²) < 4.78 is 5.32. The summed E-state index contributed by atoms with van der Waals surface area (Å²) in [5, 5.41) is 4.14. The minimum Gasteiger partial charge on any atom is -0.497 e. The van der Waals surface area contributed by atoms with Crippen LogP contribution in [0.5, 0.6) is 5.75 Å². The van der Waals surface area contributed by atoms with Crippen LogP contribution < -0.4 is 19.9 Å². The Morgan fingerprint density at radius 2 is 1.73 bits per heavy atom. The van der Waals surface area contributed by atoms with Crippen LogP contribution in [0, 0.1) is 0 Å². The second kappa shape index (κ2) is 8.27. The number of methoxy groups -OCH3 is 1. The van der Waals surface area contributed by atoms with Crippen molar-refractivity contribution in [1.29, 1.82) is 0 Å². The van der Waals surface area contributed by atoms with Gasteiger partial charge in [0, 0.05) is 63.4 Å². The van der Waals surface area contributed by atoms with E-state index in [2.05, 4.69) is 56.4 Å². The smallest absolute Gasteiger partial charge is 0.173 e. The fourth-order valence-electron chi connectivity index (χ4n) is 3.02. The van der Waals surface area contributed by atoms with Gasteiger partial charge in [0.05, 0.1) is 7.11 Å². The van der Waals surface area contributed by atoms with E-state index in [0.29, 0.717) is 0 Å². The molecule has 0 bridgehead atoms. The molecule has 1 aliphatic rings. The highest BCUT2D eigenvalue weighted by atomic mass is 32.1. The summed E-state index contributed by atoms with van der Waals surface area (Å²) in [6.07, 6.45) is 0. The minimum absolute atomic E-state index is 0.785. The zero-order chi connectivity index (χ0) is 18.5. The Hall–Kier alpha value is -2.47. The third-order valence-electron chi connectivity index (χ3n) is 4.62. The number of nitrogens with zero attached hydrogens (tertiary/aromatic N) is 3. The molecule has 0 unspecified atom stereocenters. The normalized spacial score (nSPS) is 14.1. The number of rotatable bonds is 4. The molecule has 1 saturated heterocycles. The summed E-state index contributed by atoms with van der Waals surface area (Å²) in [7, 11) is 5.77. The minimum atomic E-state index is 0.785. The Labute approximate surface area is 161 Å². The Balaban J connectivity index is 1.54. The fraction of sp³-hybridized carbons (Fsp3) is 0.350. The van der Waals surface area contributed by atoms with Crippen LogP contribution >= 0.6 is 12.2 Å². The van der Waals surface area contributed by atoms with E-state index in [0.717, 1.165) is 42.7 Å². The topological polar surface area (TPSA) is 31.0 Å².